The fraction of sp³-hybridized carbons (Fsp3) is 0.483. The second-order valence-electron chi connectivity index (χ2n) is 11.1. The second kappa shape index (κ2) is 9.81. The summed E-state index contributed by atoms with van der Waals surface area (Å²) in [4.78, 5) is 14.6. The average Bonchev–Trinajstić information content (AvgIpc) is 3.33. The summed E-state index contributed by atoms with van der Waals surface area (Å²) in [5, 5.41) is 20.8. The molecule has 2 aromatic carbocycles. The zero-order chi connectivity index (χ0) is 25.4. The van der Waals surface area contributed by atoms with E-state index in [9.17, 15) is 15.0 Å². The van der Waals surface area contributed by atoms with Crippen LogP contribution in [0.25, 0.3) is 0 Å². The molecule has 2 aliphatic rings. The van der Waals surface area contributed by atoms with Crippen molar-refractivity contribution in [2.75, 3.05) is 5.73 Å². The maximum absolute atomic E-state index is 13.4. The minimum absolute atomic E-state index is 0.123. The zero-order valence-corrected chi connectivity index (χ0v) is 22.0. The van der Waals surface area contributed by atoms with E-state index in [1.807, 2.05) is 31.2 Å². The molecule has 0 spiro atoms. The number of anilines is 1. The SMILES string of the molecule is Cc1cc(SC2=C(O)CC(CCc3ccc(O)cc3)(C3CCCC3)OC2=O)c(C(C)(C)C)cc1N. The number of phenols is 1. The number of aliphatic hydroxyl groups is 1. The molecule has 0 radical (unpaired) electrons. The van der Waals surface area contributed by atoms with E-state index in [-0.39, 0.29) is 27.7 Å². The lowest BCUT2D eigenvalue weighted by atomic mass is 9.77. The molecule has 4 rings (SSSR count). The number of phenolic OH excluding ortho intramolecular Hbond substituents is 1. The highest BCUT2D eigenvalue weighted by molar-refractivity contribution is 8.04. The van der Waals surface area contributed by atoms with Crippen LogP contribution in [0.2, 0.25) is 0 Å². The molecular weight excluding hydrogens is 458 g/mol. The molecule has 0 saturated heterocycles. The highest BCUT2D eigenvalue weighted by Crippen LogP contribution is 2.49. The Kier molecular flexibility index (Phi) is 7.14. The predicted molar refractivity (Wildman–Crippen MR) is 142 cm³/mol. The Morgan fingerprint density at radius 2 is 1.77 bits per heavy atom. The van der Waals surface area contributed by atoms with Crippen molar-refractivity contribution in [3.63, 3.8) is 0 Å². The number of cyclic esters (lactones) is 1. The van der Waals surface area contributed by atoms with Gasteiger partial charge in [0.1, 0.15) is 22.0 Å². The summed E-state index contributed by atoms with van der Waals surface area (Å²) in [5.41, 5.74) is 9.10. The van der Waals surface area contributed by atoms with E-state index in [0.717, 1.165) is 53.0 Å². The third-order valence-electron chi connectivity index (χ3n) is 7.47. The molecule has 1 fully saturated rings. The van der Waals surface area contributed by atoms with Gasteiger partial charge in [-0.3, -0.25) is 0 Å². The van der Waals surface area contributed by atoms with E-state index in [0.29, 0.717) is 19.3 Å². The lowest BCUT2D eigenvalue weighted by Gasteiger charge is -2.41. The molecule has 1 atom stereocenters. The van der Waals surface area contributed by atoms with Gasteiger partial charge >= 0.3 is 5.97 Å². The van der Waals surface area contributed by atoms with Crippen LogP contribution in [-0.2, 0) is 21.4 Å². The van der Waals surface area contributed by atoms with E-state index in [4.69, 9.17) is 10.5 Å². The highest BCUT2D eigenvalue weighted by atomic mass is 32.2. The van der Waals surface area contributed by atoms with Crippen molar-refractivity contribution < 1.29 is 19.7 Å². The summed E-state index contributed by atoms with van der Waals surface area (Å²) in [6.07, 6.45) is 5.94. The Morgan fingerprint density at radius 1 is 1.11 bits per heavy atom. The van der Waals surface area contributed by atoms with Gasteiger partial charge in [-0.25, -0.2) is 4.79 Å². The fourth-order valence-corrected chi connectivity index (χ4v) is 6.62. The predicted octanol–water partition coefficient (Wildman–Crippen LogP) is 6.95. The summed E-state index contributed by atoms with van der Waals surface area (Å²) >= 11 is 1.29. The molecule has 1 heterocycles. The summed E-state index contributed by atoms with van der Waals surface area (Å²) in [5.74, 6) is 0.156. The van der Waals surface area contributed by atoms with Gasteiger partial charge in [-0.1, -0.05) is 57.5 Å². The van der Waals surface area contributed by atoms with Crippen LogP contribution in [0.1, 0.15) is 76.0 Å². The quantitative estimate of drug-likeness (QED) is 0.297. The van der Waals surface area contributed by atoms with Crippen LogP contribution in [0.5, 0.6) is 5.75 Å². The maximum Gasteiger partial charge on any atom is 0.349 e. The number of hydrogen-bond donors (Lipinski definition) is 3. The molecule has 2 aromatic rings. The number of nitrogens with two attached hydrogens (primary N) is 1. The molecule has 4 N–H and O–H groups in total. The summed E-state index contributed by atoms with van der Waals surface area (Å²) in [6, 6.07) is 11.1. The van der Waals surface area contributed by atoms with Gasteiger partial charge in [0.15, 0.2) is 0 Å². The molecule has 1 unspecified atom stereocenters. The Labute approximate surface area is 212 Å². The number of carbonyl (C=O) groups is 1. The van der Waals surface area contributed by atoms with Crippen LogP contribution >= 0.6 is 11.8 Å². The second-order valence-corrected chi connectivity index (χ2v) is 12.2. The van der Waals surface area contributed by atoms with Crippen molar-refractivity contribution in [1.82, 2.24) is 0 Å². The molecule has 1 aliphatic heterocycles. The third-order valence-corrected chi connectivity index (χ3v) is 8.63. The number of esters is 1. The summed E-state index contributed by atoms with van der Waals surface area (Å²) in [7, 11) is 0. The number of hydrogen-bond acceptors (Lipinski definition) is 6. The van der Waals surface area contributed by atoms with Crippen molar-refractivity contribution >= 4 is 23.4 Å². The van der Waals surface area contributed by atoms with Crippen molar-refractivity contribution in [2.24, 2.45) is 5.92 Å². The minimum Gasteiger partial charge on any atom is -0.511 e. The number of carbonyl (C=O) groups excluding carboxylic acids is 1. The monoisotopic (exact) mass is 495 g/mol. The first-order valence-electron chi connectivity index (χ1n) is 12.5. The van der Waals surface area contributed by atoms with Crippen LogP contribution in [0, 0.1) is 12.8 Å². The first-order chi connectivity index (χ1) is 16.5. The molecule has 0 bridgehead atoms. The first kappa shape index (κ1) is 25.5. The van der Waals surface area contributed by atoms with Gasteiger partial charge in [0.05, 0.1) is 0 Å². The molecule has 188 valence electrons. The topological polar surface area (TPSA) is 92.8 Å². The smallest absolute Gasteiger partial charge is 0.349 e. The van der Waals surface area contributed by atoms with E-state index in [1.54, 1.807) is 12.1 Å². The molecule has 6 heteroatoms. The van der Waals surface area contributed by atoms with Gasteiger partial charge in [-0.05, 0) is 84.9 Å². The Bertz CT molecular complexity index is 1130. The number of aromatic hydroxyl groups is 1. The molecule has 1 saturated carbocycles. The molecule has 5 nitrogen and oxygen atoms in total. The number of nitrogen functional groups attached to an aromatic ring is 1. The van der Waals surface area contributed by atoms with E-state index in [1.165, 1.54) is 11.8 Å². The minimum atomic E-state index is -0.705. The maximum atomic E-state index is 13.4. The van der Waals surface area contributed by atoms with Gasteiger partial charge in [0.2, 0.25) is 0 Å². The Hall–Kier alpha value is -2.60. The number of ether oxygens (including phenoxy) is 1. The lowest BCUT2D eigenvalue weighted by molar-refractivity contribution is -0.166. The largest absolute Gasteiger partial charge is 0.511 e. The summed E-state index contributed by atoms with van der Waals surface area (Å²) < 4.78 is 6.29. The van der Waals surface area contributed by atoms with E-state index < -0.39 is 11.6 Å². The first-order valence-corrected chi connectivity index (χ1v) is 13.3. The van der Waals surface area contributed by atoms with Gasteiger partial charge in [-0.15, -0.1) is 0 Å². The van der Waals surface area contributed by atoms with Gasteiger partial charge in [0.25, 0.3) is 0 Å². The van der Waals surface area contributed by atoms with Crippen molar-refractivity contribution in [2.45, 2.75) is 88.6 Å². The fourth-order valence-electron chi connectivity index (χ4n) is 5.37. The van der Waals surface area contributed by atoms with Crippen molar-refractivity contribution in [3.8, 4) is 5.75 Å². The lowest BCUT2D eigenvalue weighted by Crippen LogP contribution is -2.45. The van der Waals surface area contributed by atoms with Crippen LogP contribution < -0.4 is 5.73 Å². The van der Waals surface area contributed by atoms with Crippen molar-refractivity contribution in [1.29, 1.82) is 0 Å². The standard InChI is InChI=1S/C29H37NO4S/c1-18-15-25(22(16-23(18)30)28(2,3)4)35-26-24(32)17-29(34-27(26)33,20-7-5-6-8-20)14-13-19-9-11-21(31)12-10-19/h9-12,15-16,20,31-32H,5-8,13-14,17,30H2,1-4H3. The van der Waals surface area contributed by atoms with Gasteiger partial charge < -0.3 is 20.7 Å². The number of rotatable bonds is 6. The zero-order valence-electron chi connectivity index (χ0n) is 21.2. The van der Waals surface area contributed by atoms with E-state index >= 15 is 0 Å². The molecule has 0 amide bonds. The van der Waals surface area contributed by atoms with Crippen molar-refractivity contribution in [3.05, 3.63) is 63.8 Å². The number of thioether (sulfide) groups is 1. The molecular formula is C29H37NO4S. The van der Waals surface area contributed by atoms with E-state index in [2.05, 4.69) is 20.8 Å². The summed E-state index contributed by atoms with van der Waals surface area (Å²) in [6.45, 7) is 8.29. The Balaban J connectivity index is 1.64. The van der Waals surface area contributed by atoms with Crippen LogP contribution in [0.3, 0.4) is 0 Å². The van der Waals surface area contributed by atoms with Gasteiger partial charge in [0, 0.05) is 17.0 Å². The molecule has 1 aliphatic carbocycles. The number of aryl methyl sites for hydroxylation is 2. The molecule has 35 heavy (non-hydrogen) atoms. The highest BCUT2D eigenvalue weighted by Gasteiger charge is 2.48. The van der Waals surface area contributed by atoms with Crippen LogP contribution in [0.4, 0.5) is 5.69 Å². The normalized spacial score (nSPS) is 21.4. The number of aliphatic hydroxyl groups excluding tert-OH is 1. The average molecular weight is 496 g/mol. The third kappa shape index (κ3) is 5.48. The number of benzene rings is 2. The van der Waals surface area contributed by atoms with Crippen LogP contribution in [0.15, 0.2) is 52.0 Å². The molecule has 0 aromatic heterocycles. The Morgan fingerprint density at radius 3 is 2.37 bits per heavy atom. The van der Waals surface area contributed by atoms with Gasteiger partial charge in [-0.2, -0.15) is 0 Å². The van der Waals surface area contributed by atoms with Crippen LogP contribution in [-0.4, -0.2) is 21.8 Å².